The Morgan fingerprint density at radius 3 is 2.70 bits per heavy atom. The van der Waals surface area contributed by atoms with Gasteiger partial charge in [-0.3, -0.25) is 14.9 Å². The van der Waals surface area contributed by atoms with Gasteiger partial charge in [0.2, 0.25) is 0 Å². The van der Waals surface area contributed by atoms with Gasteiger partial charge in [0.25, 0.3) is 5.91 Å². The van der Waals surface area contributed by atoms with Crippen LogP contribution >= 0.6 is 0 Å². The first-order valence-electron chi connectivity index (χ1n) is 6.81. The average Bonchev–Trinajstić information content (AvgIpc) is 2.55. The molecule has 0 aliphatic rings. The Labute approximate surface area is 132 Å². The topological polar surface area (TPSA) is 93.8 Å². The van der Waals surface area contributed by atoms with Crippen LogP contribution in [0.1, 0.15) is 11.1 Å². The number of hydrogen-bond donors (Lipinski definition) is 1. The minimum Gasteiger partial charge on any atom is -0.477 e. The summed E-state index contributed by atoms with van der Waals surface area (Å²) in [6.07, 6.45) is 1.53. The fourth-order valence-corrected chi connectivity index (χ4v) is 1.81. The number of rotatable bonds is 6. The largest absolute Gasteiger partial charge is 0.477 e. The van der Waals surface area contributed by atoms with Crippen LogP contribution in [0.15, 0.2) is 53.6 Å². The second kappa shape index (κ2) is 7.69. The summed E-state index contributed by atoms with van der Waals surface area (Å²) in [5, 5.41) is 14.7. The molecule has 0 atom stereocenters. The first-order chi connectivity index (χ1) is 11.1. The maximum atomic E-state index is 11.7. The Hall–Kier alpha value is -3.22. The van der Waals surface area contributed by atoms with Crippen molar-refractivity contribution in [2.24, 2.45) is 5.10 Å². The quantitative estimate of drug-likeness (QED) is 0.503. The maximum Gasteiger partial charge on any atom is 0.310 e. The van der Waals surface area contributed by atoms with Gasteiger partial charge in [-0.1, -0.05) is 36.4 Å². The van der Waals surface area contributed by atoms with Gasteiger partial charge in [0.1, 0.15) is 0 Å². The van der Waals surface area contributed by atoms with E-state index in [1.165, 1.54) is 24.4 Å². The van der Waals surface area contributed by atoms with E-state index in [-0.39, 0.29) is 18.0 Å². The third-order valence-corrected chi connectivity index (χ3v) is 3.00. The summed E-state index contributed by atoms with van der Waals surface area (Å²) in [7, 11) is 0. The van der Waals surface area contributed by atoms with Crippen molar-refractivity contribution in [3.8, 4) is 5.75 Å². The first-order valence-corrected chi connectivity index (χ1v) is 6.81. The van der Waals surface area contributed by atoms with Crippen molar-refractivity contribution < 1.29 is 14.5 Å². The van der Waals surface area contributed by atoms with Gasteiger partial charge in [0.05, 0.1) is 11.1 Å². The second-order valence-corrected chi connectivity index (χ2v) is 4.66. The van der Waals surface area contributed by atoms with Gasteiger partial charge in [-0.15, -0.1) is 0 Å². The molecule has 0 heterocycles. The molecule has 118 valence electrons. The van der Waals surface area contributed by atoms with E-state index in [0.717, 1.165) is 11.1 Å². The van der Waals surface area contributed by atoms with E-state index in [1.807, 2.05) is 31.2 Å². The van der Waals surface area contributed by atoms with Crippen LogP contribution in [0, 0.1) is 17.0 Å². The molecule has 0 unspecified atom stereocenters. The number of para-hydroxylation sites is 2. The third-order valence-electron chi connectivity index (χ3n) is 3.00. The summed E-state index contributed by atoms with van der Waals surface area (Å²) in [6, 6.07) is 13.4. The highest BCUT2D eigenvalue weighted by atomic mass is 16.6. The van der Waals surface area contributed by atoms with E-state index in [2.05, 4.69) is 10.5 Å². The zero-order valence-electron chi connectivity index (χ0n) is 12.4. The number of carbonyl (C=O) groups is 1. The van der Waals surface area contributed by atoms with Crippen LogP contribution in [-0.2, 0) is 4.79 Å². The summed E-state index contributed by atoms with van der Waals surface area (Å²) >= 11 is 0. The van der Waals surface area contributed by atoms with Crippen molar-refractivity contribution in [1.82, 2.24) is 5.43 Å². The number of carbonyl (C=O) groups excluding carboxylic acids is 1. The van der Waals surface area contributed by atoms with Crippen LogP contribution < -0.4 is 10.2 Å². The lowest BCUT2D eigenvalue weighted by molar-refractivity contribution is -0.385. The monoisotopic (exact) mass is 313 g/mol. The molecule has 0 aromatic heterocycles. The van der Waals surface area contributed by atoms with Gasteiger partial charge < -0.3 is 4.74 Å². The highest BCUT2D eigenvalue weighted by molar-refractivity contribution is 5.84. The molecule has 0 saturated heterocycles. The Morgan fingerprint density at radius 1 is 1.26 bits per heavy atom. The van der Waals surface area contributed by atoms with Gasteiger partial charge in [-0.2, -0.15) is 5.10 Å². The van der Waals surface area contributed by atoms with E-state index >= 15 is 0 Å². The highest BCUT2D eigenvalue weighted by Crippen LogP contribution is 2.25. The number of benzene rings is 2. The number of nitro groups is 1. The molecule has 0 aliphatic heterocycles. The molecule has 7 nitrogen and oxygen atoms in total. The molecule has 2 aromatic carbocycles. The fourth-order valence-electron chi connectivity index (χ4n) is 1.81. The van der Waals surface area contributed by atoms with E-state index in [0.29, 0.717) is 0 Å². The molecular formula is C16H15N3O4. The zero-order valence-corrected chi connectivity index (χ0v) is 12.4. The first kappa shape index (κ1) is 16.2. The summed E-state index contributed by atoms with van der Waals surface area (Å²) in [5.74, 6) is -0.469. The van der Waals surface area contributed by atoms with Crippen molar-refractivity contribution in [2.75, 3.05) is 6.61 Å². The number of aryl methyl sites for hydroxylation is 1. The van der Waals surface area contributed by atoms with Crippen LogP contribution in [-0.4, -0.2) is 23.7 Å². The number of ether oxygens (including phenoxy) is 1. The molecule has 0 fully saturated rings. The molecule has 1 amide bonds. The Bertz CT molecular complexity index is 744. The van der Waals surface area contributed by atoms with Gasteiger partial charge in [-0.25, -0.2) is 5.43 Å². The smallest absolute Gasteiger partial charge is 0.310 e. The van der Waals surface area contributed by atoms with Crippen LogP contribution in [0.25, 0.3) is 0 Å². The number of nitrogens with zero attached hydrogens (tertiary/aromatic N) is 2. The Balaban J connectivity index is 1.89. The molecule has 7 heteroatoms. The van der Waals surface area contributed by atoms with E-state index in [9.17, 15) is 14.9 Å². The van der Waals surface area contributed by atoms with Gasteiger partial charge >= 0.3 is 5.69 Å². The van der Waals surface area contributed by atoms with E-state index < -0.39 is 10.8 Å². The van der Waals surface area contributed by atoms with Gasteiger partial charge in [-0.05, 0) is 24.1 Å². The van der Waals surface area contributed by atoms with E-state index in [4.69, 9.17) is 4.74 Å². The fraction of sp³-hybridized carbons (Fsp3) is 0.125. The SMILES string of the molecule is Cc1ccccc1C=NNC(=O)COc1ccccc1[N+](=O)[O-]. The standard InChI is InChI=1S/C16H15N3O4/c1-12-6-2-3-7-13(12)10-17-18-16(20)11-23-15-9-5-4-8-14(15)19(21)22/h2-10H,11H2,1H3,(H,18,20). The van der Waals surface area contributed by atoms with Crippen LogP contribution in [0.2, 0.25) is 0 Å². The van der Waals surface area contributed by atoms with Crippen molar-refractivity contribution in [2.45, 2.75) is 6.92 Å². The lowest BCUT2D eigenvalue weighted by Gasteiger charge is -2.05. The molecule has 0 spiro atoms. The van der Waals surface area contributed by atoms with Gasteiger partial charge in [0, 0.05) is 6.07 Å². The number of amides is 1. The molecule has 2 rings (SSSR count). The average molecular weight is 313 g/mol. The number of hydrazone groups is 1. The zero-order chi connectivity index (χ0) is 16.7. The third kappa shape index (κ3) is 4.63. The summed E-state index contributed by atoms with van der Waals surface area (Å²) in [4.78, 5) is 21.9. The van der Waals surface area contributed by atoms with Crippen molar-refractivity contribution in [1.29, 1.82) is 0 Å². The minimum atomic E-state index is -0.566. The molecule has 0 radical (unpaired) electrons. The highest BCUT2D eigenvalue weighted by Gasteiger charge is 2.14. The lowest BCUT2D eigenvalue weighted by Crippen LogP contribution is -2.24. The second-order valence-electron chi connectivity index (χ2n) is 4.66. The Kier molecular flexibility index (Phi) is 5.40. The van der Waals surface area contributed by atoms with Crippen molar-refractivity contribution in [3.05, 3.63) is 69.8 Å². The van der Waals surface area contributed by atoms with Crippen LogP contribution in [0.5, 0.6) is 5.75 Å². The summed E-state index contributed by atoms with van der Waals surface area (Å²) in [5.41, 5.74) is 4.03. The van der Waals surface area contributed by atoms with Crippen molar-refractivity contribution in [3.63, 3.8) is 0 Å². The summed E-state index contributed by atoms with van der Waals surface area (Å²) < 4.78 is 5.16. The molecule has 0 saturated carbocycles. The predicted molar refractivity (Wildman–Crippen MR) is 85.5 cm³/mol. The minimum absolute atomic E-state index is 0.0375. The van der Waals surface area contributed by atoms with Crippen LogP contribution in [0.3, 0.4) is 0 Å². The van der Waals surface area contributed by atoms with Gasteiger partial charge in [0.15, 0.2) is 12.4 Å². The molecule has 1 N–H and O–H groups in total. The van der Waals surface area contributed by atoms with Crippen molar-refractivity contribution >= 4 is 17.8 Å². The lowest BCUT2D eigenvalue weighted by atomic mass is 10.1. The maximum absolute atomic E-state index is 11.7. The van der Waals surface area contributed by atoms with Crippen LogP contribution in [0.4, 0.5) is 5.69 Å². The number of nitrogens with one attached hydrogen (secondary N) is 1. The summed E-state index contributed by atoms with van der Waals surface area (Å²) in [6.45, 7) is 1.57. The Morgan fingerprint density at radius 2 is 1.96 bits per heavy atom. The molecular weight excluding hydrogens is 298 g/mol. The van der Waals surface area contributed by atoms with E-state index in [1.54, 1.807) is 6.07 Å². The molecule has 2 aromatic rings. The normalized spacial score (nSPS) is 10.5. The predicted octanol–water partition coefficient (Wildman–Crippen LogP) is 2.43. The molecule has 0 aliphatic carbocycles. The molecule has 23 heavy (non-hydrogen) atoms. The number of nitro benzene ring substituents is 1. The number of hydrogen-bond acceptors (Lipinski definition) is 5. The molecule has 0 bridgehead atoms.